The highest BCUT2D eigenvalue weighted by Crippen LogP contribution is 2.76. The van der Waals surface area contributed by atoms with Gasteiger partial charge in [0.1, 0.15) is 23.4 Å². The van der Waals surface area contributed by atoms with Crippen LogP contribution in [-0.4, -0.2) is 38.9 Å². The first-order valence-corrected chi connectivity index (χ1v) is 13.5. The summed E-state index contributed by atoms with van der Waals surface area (Å²) >= 11 is 16.7. The van der Waals surface area contributed by atoms with Crippen LogP contribution in [0.15, 0.2) is 29.0 Å². The molecule has 152 valence electrons. The largest absolute Gasteiger partial charge is 0.386 e. The number of nitrogens with two attached hydrogens (primary N) is 1. The van der Waals surface area contributed by atoms with Crippen molar-refractivity contribution in [1.82, 2.24) is 9.55 Å². The second kappa shape index (κ2) is 8.51. The second-order valence-corrected chi connectivity index (χ2v) is 14.8. The van der Waals surface area contributed by atoms with E-state index in [0.717, 1.165) is 4.57 Å². The molecular formula is C12H15Cl3FN3O6P2. The lowest BCUT2D eigenvalue weighted by Gasteiger charge is -2.21. The minimum absolute atomic E-state index is 0.0518. The first kappa shape index (κ1) is 22.8. The van der Waals surface area contributed by atoms with Crippen LogP contribution in [0.4, 0.5) is 10.2 Å². The summed E-state index contributed by atoms with van der Waals surface area (Å²) in [5.74, 6) is -3.91. The molecular weight excluding hydrogens is 469 g/mol. The summed E-state index contributed by atoms with van der Waals surface area (Å²) in [5, 5.41) is 8.82. The number of ether oxygens (including phenoxy) is 1. The van der Waals surface area contributed by atoms with E-state index in [9.17, 15) is 23.4 Å². The molecule has 0 aliphatic carbocycles. The van der Waals surface area contributed by atoms with E-state index in [1.54, 1.807) is 0 Å². The van der Waals surface area contributed by atoms with Gasteiger partial charge in [-0.15, -0.1) is 0 Å². The summed E-state index contributed by atoms with van der Waals surface area (Å²) in [4.78, 5) is 15.4. The summed E-state index contributed by atoms with van der Waals surface area (Å²) in [5.41, 5.74) is 4.26. The molecule has 1 fully saturated rings. The fourth-order valence-electron chi connectivity index (χ4n) is 2.20. The van der Waals surface area contributed by atoms with Gasteiger partial charge in [0.2, 0.25) is 0 Å². The van der Waals surface area contributed by atoms with Crippen LogP contribution in [0.2, 0.25) is 0 Å². The van der Waals surface area contributed by atoms with Crippen LogP contribution in [0.3, 0.4) is 0 Å². The van der Waals surface area contributed by atoms with E-state index >= 15 is 0 Å². The number of hydrogen-bond donors (Lipinski definition) is 2. The number of rotatable bonds is 6. The molecule has 0 amide bonds. The highest BCUT2D eigenvalue weighted by molar-refractivity contribution is 8.15. The molecule has 1 aliphatic rings. The Morgan fingerprint density at radius 1 is 1.52 bits per heavy atom. The number of aliphatic hydroxyl groups excluding tert-OH is 1. The van der Waals surface area contributed by atoms with Crippen molar-refractivity contribution in [1.29, 1.82) is 0 Å². The Labute approximate surface area is 167 Å². The van der Waals surface area contributed by atoms with Crippen LogP contribution in [0, 0.1) is 0 Å². The van der Waals surface area contributed by atoms with Crippen molar-refractivity contribution >= 4 is 52.1 Å². The normalized spacial score (nSPS) is 28.2. The maximum atomic E-state index is 13.3. The van der Waals surface area contributed by atoms with Gasteiger partial charge in [0.15, 0.2) is 6.23 Å². The zero-order chi connectivity index (χ0) is 20.6. The molecule has 0 aromatic carbocycles. The van der Waals surface area contributed by atoms with Gasteiger partial charge in [0.25, 0.3) is 5.85 Å². The van der Waals surface area contributed by atoms with E-state index < -0.39 is 48.7 Å². The Balaban J connectivity index is 2.20. The molecule has 9 nitrogen and oxygen atoms in total. The first-order valence-electron chi connectivity index (χ1n) is 7.29. The Morgan fingerprint density at radius 2 is 2.15 bits per heavy atom. The van der Waals surface area contributed by atoms with E-state index in [1.807, 2.05) is 0 Å². The quantitative estimate of drug-likeness (QED) is 0.587. The molecule has 3 N–H and O–H groups in total. The summed E-state index contributed by atoms with van der Waals surface area (Å²) in [6.07, 6.45) is -2.84. The van der Waals surface area contributed by atoms with Crippen LogP contribution < -0.4 is 11.4 Å². The third-order valence-electron chi connectivity index (χ3n) is 3.81. The van der Waals surface area contributed by atoms with E-state index in [0.29, 0.717) is 0 Å². The van der Waals surface area contributed by atoms with Crippen LogP contribution in [-0.2, 0) is 18.4 Å². The van der Waals surface area contributed by atoms with Crippen LogP contribution in [0.1, 0.15) is 13.2 Å². The SMILES string of the molecule is CC(P(=O)(Cl)Cl)P(=O)(Cl)OC[C@H]1O[C@@H](n2ccc(N)nc2=O)/C(=C/F)C1O. The standard InChI is InChI=1S/C12H15Cl3FN3O6P2/c1-6(26(13,14)22)27(15,23)24-5-8-10(20)7(4-16)11(25-8)19-3-2-9(17)18-12(19)21/h2-4,6,8,10-11,20H,5H2,1H3,(H2,17,18,21)/b7-4+/t6?,8-,10?,11-,27?/m1/s1. The van der Waals surface area contributed by atoms with Crippen molar-refractivity contribution in [2.75, 3.05) is 12.3 Å². The van der Waals surface area contributed by atoms with Gasteiger partial charge in [-0.3, -0.25) is 13.7 Å². The topological polar surface area (TPSA) is 134 Å². The molecule has 3 unspecified atom stereocenters. The van der Waals surface area contributed by atoms with Gasteiger partial charge < -0.3 is 20.1 Å². The average Bonchev–Trinajstić information content (AvgIpc) is 2.87. The highest BCUT2D eigenvalue weighted by Gasteiger charge is 2.45. The zero-order valence-corrected chi connectivity index (χ0v) is 17.7. The van der Waals surface area contributed by atoms with Crippen molar-refractivity contribution in [2.45, 2.75) is 30.8 Å². The number of nitrogens with zero attached hydrogens (tertiary/aromatic N) is 2. The molecule has 2 rings (SSSR count). The third kappa shape index (κ3) is 5.14. The lowest BCUT2D eigenvalue weighted by Crippen LogP contribution is -2.28. The van der Waals surface area contributed by atoms with Crippen molar-refractivity contribution < 1.29 is 27.9 Å². The van der Waals surface area contributed by atoms with Crippen molar-refractivity contribution in [3.8, 4) is 0 Å². The maximum Gasteiger partial charge on any atom is 0.351 e. The predicted octanol–water partition coefficient (Wildman–Crippen LogP) is 3.40. The maximum absolute atomic E-state index is 13.3. The number of halogens is 4. The van der Waals surface area contributed by atoms with Gasteiger partial charge in [0, 0.05) is 11.8 Å². The molecule has 1 aromatic rings. The van der Waals surface area contributed by atoms with Crippen LogP contribution >= 0.6 is 46.3 Å². The molecule has 27 heavy (non-hydrogen) atoms. The van der Waals surface area contributed by atoms with Crippen LogP contribution in [0.25, 0.3) is 0 Å². The molecule has 1 aromatic heterocycles. The molecule has 0 saturated carbocycles. The smallest absolute Gasteiger partial charge is 0.351 e. The Kier molecular flexibility index (Phi) is 7.20. The fraction of sp³-hybridized carbons (Fsp3) is 0.500. The summed E-state index contributed by atoms with van der Waals surface area (Å²) in [6.45, 7) is -3.48. The van der Waals surface area contributed by atoms with Gasteiger partial charge in [-0.25, -0.2) is 9.18 Å². The predicted molar refractivity (Wildman–Crippen MR) is 100 cm³/mol. The van der Waals surface area contributed by atoms with Crippen molar-refractivity contribution in [2.24, 2.45) is 0 Å². The molecule has 1 aliphatic heterocycles. The van der Waals surface area contributed by atoms with E-state index in [4.69, 9.17) is 48.7 Å². The first-order chi connectivity index (χ1) is 12.4. The van der Waals surface area contributed by atoms with Gasteiger partial charge in [-0.1, -0.05) is 0 Å². The zero-order valence-electron chi connectivity index (χ0n) is 13.6. The van der Waals surface area contributed by atoms with Crippen LogP contribution in [0.5, 0.6) is 0 Å². The fourth-order valence-corrected chi connectivity index (χ4v) is 8.40. The number of aliphatic hydroxyl groups is 1. The number of aromatic nitrogens is 2. The van der Waals surface area contributed by atoms with Crippen molar-refractivity contribution in [3.63, 3.8) is 0 Å². The second-order valence-electron chi connectivity index (χ2n) is 5.57. The summed E-state index contributed by atoms with van der Waals surface area (Å²) in [7, 11) is 0. The van der Waals surface area contributed by atoms with Crippen molar-refractivity contribution in [3.05, 3.63) is 34.7 Å². The van der Waals surface area contributed by atoms with E-state index in [-0.39, 0.29) is 17.7 Å². The highest BCUT2D eigenvalue weighted by atomic mass is 35.9. The van der Waals surface area contributed by atoms with E-state index in [1.165, 1.54) is 19.2 Å². The Morgan fingerprint density at radius 3 is 2.67 bits per heavy atom. The molecule has 15 heteroatoms. The molecule has 0 spiro atoms. The van der Waals surface area contributed by atoms with Gasteiger partial charge in [0.05, 0.1) is 12.9 Å². The van der Waals surface area contributed by atoms with Gasteiger partial charge >= 0.3 is 12.4 Å². The minimum atomic E-state index is -4.08. The minimum Gasteiger partial charge on any atom is -0.386 e. The summed E-state index contributed by atoms with van der Waals surface area (Å²) < 4.78 is 48.6. The average molecular weight is 485 g/mol. The molecule has 1 saturated heterocycles. The lowest BCUT2D eigenvalue weighted by molar-refractivity contribution is -0.0388. The third-order valence-corrected chi connectivity index (χ3v) is 12.1. The molecule has 0 radical (unpaired) electrons. The molecule has 5 atom stereocenters. The van der Waals surface area contributed by atoms with Gasteiger partial charge in [-0.2, -0.15) is 4.98 Å². The number of hydrogen-bond acceptors (Lipinski definition) is 8. The van der Waals surface area contributed by atoms with E-state index in [2.05, 4.69) is 4.98 Å². The summed E-state index contributed by atoms with van der Waals surface area (Å²) in [6, 6.07) is 1.28. The number of anilines is 1. The monoisotopic (exact) mass is 483 g/mol. The molecule has 2 heterocycles. The Hall–Kier alpha value is -0.440. The number of nitrogen functional groups attached to an aromatic ring is 1. The Bertz CT molecular complexity index is 893. The molecule has 0 bridgehead atoms. The lowest BCUT2D eigenvalue weighted by atomic mass is 10.1. The van der Waals surface area contributed by atoms with Gasteiger partial charge in [-0.05, 0) is 46.7 Å².